The Labute approximate surface area is 285 Å². The predicted octanol–water partition coefficient (Wildman–Crippen LogP) is 9.85. The van der Waals surface area contributed by atoms with Crippen LogP contribution in [-0.4, -0.2) is 57.3 Å². The lowest BCUT2D eigenvalue weighted by molar-refractivity contribution is -0.132. The molecular weight excluding hydrogens is 574 g/mol. The second-order valence-electron chi connectivity index (χ2n) is 14.0. The van der Waals surface area contributed by atoms with Crippen molar-refractivity contribution in [2.75, 3.05) is 6.61 Å². The van der Waals surface area contributed by atoms with E-state index in [-0.39, 0.29) is 0 Å². The molecule has 0 aromatic rings. The number of carbonyl (C=O) groups is 1. The average molecular weight is 654 g/mol. The fourth-order valence-electron chi connectivity index (χ4n) is 6.23. The molecule has 4 unspecified atom stereocenters. The number of hydrogen-bond donors (Lipinski definition) is 5. The van der Waals surface area contributed by atoms with Gasteiger partial charge in [-0.1, -0.05) is 180 Å². The second-order valence-corrected chi connectivity index (χ2v) is 14.0. The van der Waals surface area contributed by atoms with Gasteiger partial charge in [-0.15, -0.1) is 0 Å². The van der Waals surface area contributed by atoms with Crippen LogP contribution in [0.5, 0.6) is 0 Å². The van der Waals surface area contributed by atoms with Crippen molar-refractivity contribution in [3.8, 4) is 0 Å². The number of aliphatic hydroxyl groups is 4. The van der Waals surface area contributed by atoms with Crippen LogP contribution in [0.15, 0.2) is 12.2 Å². The average Bonchev–Trinajstić information content (AvgIpc) is 3.06. The third-order valence-electron chi connectivity index (χ3n) is 9.48. The van der Waals surface area contributed by atoms with Crippen molar-refractivity contribution in [3.63, 3.8) is 0 Å². The Hall–Kier alpha value is -0.950. The SMILES string of the molecule is CCCCCCCCCCCC/C=C/CCCC(O)C(O)C(CO)NC(=O)C(O)CCCCCCCCCCCCCCCCC. The van der Waals surface area contributed by atoms with Gasteiger partial charge in [0.15, 0.2) is 0 Å². The monoisotopic (exact) mass is 654 g/mol. The molecule has 5 N–H and O–H groups in total. The molecule has 0 aliphatic rings. The smallest absolute Gasteiger partial charge is 0.249 e. The summed E-state index contributed by atoms with van der Waals surface area (Å²) in [5.74, 6) is -0.592. The van der Waals surface area contributed by atoms with E-state index in [4.69, 9.17) is 0 Å². The highest BCUT2D eigenvalue weighted by Gasteiger charge is 2.28. The van der Waals surface area contributed by atoms with Crippen LogP contribution in [0.25, 0.3) is 0 Å². The van der Waals surface area contributed by atoms with Crippen molar-refractivity contribution in [2.24, 2.45) is 0 Å². The van der Waals surface area contributed by atoms with Crippen LogP contribution in [0.1, 0.15) is 206 Å². The summed E-state index contributed by atoms with van der Waals surface area (Å²) < 4.78 is 0. The van der Waals surface area contributed by atoms with Crippen molar-refractivity contribution in [1.82, 2.24) is 5.32 Å². The van der Waals surface area contributed by atoms with Crippen molar-refractivity contribution in [2.45, 2.75) is 231 Å². The molecule has 0 rings (SSSR count). The molecule has 0 aliphatic carbocycles. The fourth-order valence-corrected chi connectivity index (χ4v) is 6.23. The van der Waals surface area contributed by atoms with Crippen LogP contribution >= 0.6 is 0 Å². The van der Waals surface area contributed by atoms with Gasteiger partial charge < -0.3 is 25.7 Å². The molecule has 4 atom stereocenters. The summed E-state index contributed by atoms with van der Waals surface area (Å²) in [6.45, 7) is 4.03. The van der Waals surface area contributed by atoms with Gasteiger partial charge in [-0.2, -0.15) is 0 Å². The van der Waals surface area contributed by atoms with Crippen molar-refractivity contribution in [3.05, 3.63) is 12.2 Å². The lowest BCUT2D eigenvalue weighted by atomic mass is 10.00. The highest BCUT2D eigenvalue weighted by atomic mass is 16.3. The zero-order valence-electron chi connectivity index (χ0n) is 30.6. The van der Waals surface area contributed by atoms with Crippen LogP contribution in [0.3, 0.4) is 0 Å². The number of unbranched alkanes of at least 4 members (excludes halogenated alkanes) is 25. The fraction of sp³-hybridized carbons (Fsp3) is 0.925. The quantitative estimate of drug-likeness (QED) is 0.0342. The molecule has 46 heavy (non-hydrogen) atoms. The first kappa shape index (κ1) is 45.0. The molecule has 0 fully saturated rings. The summed E-state index contributed by atoms with van der Waals surface area (Å²) >= 11 is 0. The van der Waals surface area contributed by atoms with Gasteiger partial charge in [-0.25, -0.2) is 0 Å². The molecule has 6 heteroatoms. The van der Waals surface area contributed by atoms with E-state index >= 15 is 0 Å². The Balaban J connectivity index is 3.81. The third kappa shape index (κ3) is 29.2. The Bertz CT molecular complexity index is 658. The molecule has 6 nitrogen and oxygen atoms in total. The van der Waals surface area contributed by atoms with Gasteiger partial charge in [0.1, 0.15) is 12.2 Å². The van der Waals surface area contributed by atoms with E-state index in [9.17, 15) is 25.2 Å². The summed E-state index contributed by atoms with van der Waals surface area (Å²) in [5, 5.41) is 43.5. The molecule has 0 heterocycles. The van der Waals surface area contributed by atoms with E-state index in [1.807, 2.05) is 0 Å². The Morgan fingerprint density at radius 1 is 0.522 bits per heavy atom. The van der Waals surface area contributed by atoms with E-state index in [0.717, 1.165) is 38.5 Å². The largest absolute Gasteiger partial charge is 0.394 e. The standard InChI is InChI=1S/C40H79NO5/c1-3-5-7-9-11-13-15-17-19-21-23-25-27-29-31-33-37(43)39(45)36(35-42)41-40(46)38(44)34-32-30-28-26-24-22-20-18-16-14-12-10-8-6-4-2/h25,27,36-39,42-45H,3-24,26,28-35H2,1-2H3,(H,41,46)/b27-25+. The van der Waals surface area contributed by atoms with Gasteiger partial charge in [0.05, 0.1) is 18.8 Å². The lowest BCUT2D eigenvalue weighted by Crippen LogP contribution is -2.53. The summed E-state index contributed by atoms with van der Waals surface area (Å²) in [4.78, 5) is 12.5. The van der Waals surface area contributed by atoms with Crippen LogP contribution in [0.2, 0.25) is 0 Å². The highest BCUT2D eigenvalue weighted by molar-refractivity contribution is 5.80. The topological polar surface area (TPSA) is 110 Å². The summed E-state index contributed by atoms with van der Waals surface area (Å²) in [7, 11) is 0. The number of rotatable bonds is 36. The highest BCUT2D eigenvalue weighted by Crippen LogP contribution is 2.15. The van der Waals surface area contributed by atoms with Gasteiger partial charge in [0, 0.05) is 0 Å². The molecule has 1 amide bonds. The molecule has 0 saturated carbocycles. The maximum atomic E-state index is 12.5. The van der Waals surface area contributed by atoms with E-state index in [1.165, 1.54) is 141 Å². The lowest BCUT2D eigenvalue weighted by Gasteiger charge is -2.27. The van der Waals surface area contributed by atoms with E-state index in [2.05, 4.69) is 31.3 Å². The molecule has 0 radical (unpaired) electrons. The number of amides is 1. The normalized spacial score (nSPS) is 14.5. The molecule has 0 saturated heterocycles. The van der Waals surface area contributed by atoms with Gasteiger partial charge in [0.25, 0.3) is 0 Å². The van der Waals surface area contributed by atoms with Gasteiger partial charge in [-0.05, 0) is 38.5 Å². The molecular formula is C40H79NO5. The molecule has 0 aromatic carbocycles. The Kier molecular flexibility index (Phi) is 34.6. The van der Waals surface area contributed by atoms with Crippen LogP contribution in [0, 0.1) is 0 Å². The first-order chi connectivity index (χ1) is 22.5. The van der Waals surface area contributed by atoms with E-state index in [0.29, 0.717) is 12.8 Å². The zero-order valence-corrected chi connectivity index (χ0v) is 30.6. The van der Waals surface area contributed by atoms with Gasteiger partial charge >= 0.3 is 0 Å². The Morgan fingerprint density at radius 2 is 0.891 bits per heavy atom. The van der Waals surface area contributed by atoms with Crippen LogP contribution in [0.4, 0.5) is 0 Å². The first-order valence-electron chi connectivity index (χ1n) is 20.1. The first-order valence-corrected chi connectivity index (χ1v) is 20.1. The van der Waals surface area contributed by atoms with Crippen molar-refractivity contribution >= 4 is 5.91 Å². The minimum Gasteiger partial charge on any atom is -0.394 e. The van der Waals surface area contributed by atoms with Crippen molar-refractivity contribution < 1.29 is 25.2 Å². The van der Waals surface area contributed by atoms with Gasteiger partial charge in [0.2, 0.25) is 5.91 Å². The molecule has 0 aromatic heterocycles. The van der Waals surface area contributed by atoms with Crippen LogP contribution in [-0.2, 0) is 4.79 Å². The Morgan fingerprint density at radius 3 is 1.30 bits per heavy atom. The zero-order chi connectivity index (χ0) is 33.9. The summed E-state index contributed by atoms with van der Waals surface area (Å²) in [6.07, 6.45) is 36.6. The molecule has 0 spiro atoms. The minimum atomic E-state index is -1.28. The minimum absolute atomic E-state index is 0.367. The summed E-state index contributed by atoms with van der Waals surface area (Å²) in [6, 6.07) is -0.995. The number of hydrogen-bond acceptors (Lipinski definition) is 5. The molecule has 274 valence electrons. The van der Waals surface area contributed by atoms with Crippen molar-refractivity contribution in [1.29, 1.82) is 0 Å². The number of carbonyl (C=O) groups excluding carboxylic acids is 1. The molecule has 0 bridgehead atoms. The number of allylic oxidation sites excluding steroid dienone is 2. The third-order valence-corrected chi connectivity index (χ3v) is 9.48. The maximum absolute atomic E-state index is 12.5. The molecule has 0 aliphatic heterocycles. The summed E-state index contributed by atoms with van der Waals surface area (Å²) in [5.41, 5.74) is 0. The van der Waals surface area contributed by atoms with E-state index < -0.39 is 36.9 Å². The number of aliphatic hydroxyl groups excluding tert-OH is 4. The van der Waals surface area contributed by atoms with Gasteiger partial charge in [-0.3, -0.25) is 4.79 Å². The van der Waals surface area contributed by atoms with Crippen LogP contribution < -0.4 is 5.32 Å². The second kappa shape index (κ2) is 35.4. The maximum Gasteiger partial charge on any atom is 0.249 e. The predicted molar refractivity (Wildman–Crippen MR) is 196 cm³/mol. The number of nitrogens with one attached hydrogen (secondary N) is 1. The van der Waals surface area contributed by atoms with E-state index in [1.54, 1.807) is 0 Å².